The molecular formula is C16H31IN6O2S2. The molecule has 0 amide bonds. The first-order valence-corrected chi connectivity index (χ1v) is 11.6. The fraction of sp³-hybridized carbons (Fsp3) is 0.750. The Morgan fingerprint density at radius 3 is 2.56 bits per heavy atom. The number of piperidine rings is 1. The summed E-state index contributed by atoms with van der Waals surface area (Å²) in [6, 6.07) is 0. The first-order chi connectivity index (χ1) is 12.3. The number of guanidine groups is 1. The molecule has 0 saturated carbocycles. The zero-order chi connectivity index (χ0) is 19.2. The highest BCUT2D eigenvalue weighted by molar-refractivity contribution is 14.0. The Balaban J connectivity index is 0.00000364. The predicted molar refractivity (Wildman–Crippen MR) is 124 cm³/mol. The molecule has 8 nitrogen and oxygen atoms in total. The van der Waals surface area contributed by atoms with Gasteiger partial charge in [-0.1, -0.05) is 0 Å². The van der Waals surface area contributed by atoms with Crippen molar-refractivity contribution in [2.45, 2.75) is 26.3 Å². The number of nitrogens with zero attached hydrogens (tertiary/aromatic N) is 4. The number of halogens is 1. The van der Waals surface area contributed by atoms with Gasteiger partial charge in [-0.25, -0.2) is 22.7 Å². The zero-order valence-electron chi connectivity index (χ0n) is 16.4. The Labute approximate surface area is 183 Å². The van der Waals surface area contributed by atoms with E-state index in [0.29, 0.717) is 25.6 Å². The topological polar surface area (TPSA) is 89.9 Å². The van der Waals surface area contributed by atoms with E-state index in [-0.39, 0.29) is 24.0 Å². The van der Waals surface area contributed by atoms with Crippen molar-refractivity contribution in [3.8, 4) is 0 Å². The lowest BCUT2D eigenvalue weighted by Crippen LogP contribution is -2.44. The molecule has 11 heteroatoms. The second-order valence-electron chi connectivity index (χ2n) is 6.70. The van der Waals surface area contributed by atoms with Crippen LogP contribution in [0.4, 0.5) is 5.13 Å². The number of sulfonamides is 1. The number of anilines is 1. The summed E-state index contributed by atoms with van der Waals surface area (Å²) in [6.45, 7) is 5.36. The van der Waals surface area contributed by atoms with Gasteiger partial charge < -0.3 is 15.5 Å². The van der Waals surface area contributed by atoms with E-state index < -0.39 is 10.0 Å². The van der Waals surface area contributed by atoms with E-state index in [4.69, 9.17) is 0 Å². The SMILES string of the molecule is CCNC(=NCc1csc(N(C)C)n1)NCC1CCN(S(C)(=O)=O)CC1.I. The second-order valence-corrected chi connectivity index (χ2v) is 9.52. The van der Waals surface area contributed by atoms with Gasteiger partial charge in [0.15, 0.2) is 11.1 Å². The Bertz CT molecular complexity index is 700. The van der Waals surface area contributed by atoms with Crippen molar-refractivity contribution in [3.63, 3.8) is 0 Å². The molecule has 2 rings (SSSR count). The van der Waals surface area contributed by atoms with E-state index in [2.05, 4.69) is 20.6 Å². The van der Waals surface area contributed by atoms with E-state index in [0.717, 1.165) is 42.7 Å². The van der Waals surface area contributed by atoms with Gasteiger partial charge in [-0.05, 0) is 25.7 Å². The Kier molecular flexibility index (Phi) is 10.3. The fourth-order valence-corrected chi connectivity index (χ4v) is 4.39. The molecule has 0 bridgehead atoms. The van der Waals surface area contributed by atoms with Crippen molar-refractivity contribution in [2.24, 2.45) is 10.9 Å². The van der Waals surface area contributed by atoms with E-state index in [1.165, 1.54) is 6.26 Å². The zero-order valence-corrected chi connectivity index (χ0v) is 20.4. The Hall–Kier alpha value is -0.660. The van der Waals surface area contributed by atoms with Gasteiger partial charge in [-0.3, -0.25) is 0 Å². The summed E-state index contributed by atoms with van der Waals surface area (Å²) in [7, 11) is 0.892. The minimum absolute atomic E-state index is 0. The Morgan fingerprint density at radius 2 is 2.04 bits per heavy atom. The van der Waals surface area contributed by atoms with Gasteiger partial charge in [-0.15, -0.1) is 35.3 Å². The first kappa shape index (κ1) is 24.4. The van der Waals surface area contributed by atoms with Crippen LogP contribution in [0.25, 0.3) is 0 Å². The molecular weight excluding hydrogens is 499 g/mol. The molecule has 1 aliphatic rings. The summed E-state index contributed by atoms with van der Waals surface area (Å²) < 4.78 is 24.7. The molecule has 1 aliphatic heterocycles. The van der Waals surface area contributed by atoms with Crippen LogP contribution >= 0.6 is 35.3 Å². The van der Waals surface area contributed by atoms with Crippen LogP contribution in [-0.2, 0) is 16.6 Å². The van der Waals surface area contributed by atoms with E-state index >= 15 is 0 Å². The third-order valence-corrected chi connectivity index (χ3v) is 6.63. The Morgan fingerprint density at radius 1 is 1.37 bits per heavy atom. The van der Waals surface area contributed by atoms with Crippen LogP contribution in [0.3, 0.4) is 0 Å². The molecule has 0 radical (unpaired) electrons. The quantitative estimate of drug-likeness (QED) is 0.316. The van der Waals surface area contributed by atoms with Crippen molar-refractivity contribution in [1.29, 1.82) is 0 Å². The first-order valence-electron chi connectivity index (χ1n) is 8.88. The minimum atomic E-state index is -3.07. The number of nitrogens with one attached hydrogen (secondary N) is 2. The summed E-state index contributed by atoms with van der Waals surface area (Å²) >= 11 is 1.61. The smallest absolute Gasteiger partial charge is 0.211 e. The number of aliphatic imine (C=N–C) groups is 1. The molecule has 1 aromatic rings. The molecule has 27 heavy (non-hydrogen) atoms. The largest absolute Gasteiger partial charge is 0.357 e. The second kappa shape index (κ2) is 11.4. The van der Waals surface area contributed by atoms with Gasteiger partial charge in [0.25, 0.3) is 0 Å². The highest BCUT2D eigenvalue weighted by Gasteiger charge is 2.24. The molecule has 0 aliphatic carbocycles. The molecule has 1 saturated heterocycles. The number of thiazole rings is 1. The molecule has 0 unspecified atom stereocenters. The van der Waals surface area contributed by atoms with Crippen LogP contribution in [0.5, 0.6) is 0 Å². The van der Waals surface area contributed by atoms with Crippen LogP contribution in [0.2, 0.25) is 0 Å². The highest BCUT2D eigenvalue weighted by atomic mass is 127. The molecule has 2 N–H and O–H groups in total. The number of hydrogen-bond donors (Lipinski definition) is 2. The third kappa shape index (κ3) is 8.08. The average molecular weight is 531 g/mol. The van der Waals surface area contributed by atoms with Gasteiger partial charge in [-0.2, -0.15) is 0 Å². The predicted octanol–water partition coefficient (Wildman–Crippen LogP) is 1.55. The maximum atomic E-state index is 11.6. The maximum absolute atomic E-state index is 11.6. The molecule has 1 fully saturated rings. The summed E-state index contributed by atoms with van der Waals surface area (Å²) in [5.41, 5.74) is 0.956. The standard InChI is InChI=1S/C16H30N6O2S2.HI/c1-5-17-15(19-11-14-12-25-16(20-14)21(2)3)18-10-13-6-8-22(9-7-13)26(4,23)24;/h12-13H,5-11H2,1-4H3,(H2,17,18,19);1H. The molecule has 0 spiro atoms. The van der Waals surface area contributed by atoms with Crippen molar-refractivity contribution in [1.82, 2.24) is 19.9 Å². The fourth-order valence-electron chi connectivity index (χ4n) is 2.76. The minimum Gasteiger partial charge on any atom is -0.357 e. The molecule has 1 aromatic heterocycles. The maximum Gasteiger partial charge on any atom is 0.211 e. The van der Waals surface area contributed by atoms with E-state index in [9.17, 15) is 8.42 Å². The van der Waals surface area contributed by atoms with Crippen molar-refractivity contribution in [2.75, 3.05) is 51.4 Å². The van der Waals surface area contributed by atoms with Crippen molar-refractivity contribution >= 4 is 56.4 Å². The van der Waals surface area contributed by atoms with Crippen molar-refractivity contribution in [3.05, 3.63) is 11.1 Å². The molecule has 0 atom stereocenters. The number of aromatic nitrogens is 1. The van der Waals surface area contributed by atoms with Crippen LogP contribution in [0.15, 0.2) is 10.4 Å². The molecule has 2 heterocycles. The van der Waals surface area contributed by atoms with Crippen LogP contribution in [0, 0.1) is 5.92 Å². The van der Waals surface area contributed by atoms with E-state index in [1.807, 2.05) is 31.3 Å². The van der Waals surface area contributed by atoms with Gasteiger partial charge in [0.2, 0.25) is 10.0 Å². The van der Waals surface area contributed by atoms with Gasteiger partial charge in [0.1, 0.15) is 0 Å². The van der Waals surface area contributed by atoms with Crippen LogP contribution in [-0.4, -0.2) is 70.2 Å². The third-order valence-electron chi connectivity index (χ3n) is 4.27. The van der Waals surface area contributed by atoms with E-state index in [1.54, 1.807) is 15.6 Å². The summed E-state index contributed by atoms with van der Waals surface area (Å²) in [5, 5.41) is 9.64. The van der Waals surface area contributed by atoms with Gasteiger partial charge in [0, 0.05) is 45.7 Å². The monoisotopic (exact) mass is 530 g/mol. The number of hydrogen-bond acceptors (Lipinski definition) is 6. The summed E-state index contributed by atoms with van der Waals surface area (Å²) in [4.78, 5) is 11.1. The molecule has 156 valence electrons. The van der Waals surface area contributed by atoms with Crippen LogP contribution < -0.4 is 15.5 Å². The lowest BCUT2D eigenvalue weighted by molar-refractivity contribution is 0.275. The lowest BCUT2D eigenvalue weighted by Gasteiger charge is -2.30. The van der Waals surface area contributed by atoms with Crippen LogP contribution in [0.1, 0.15) is 25.5 Å². The van der Waals surface area contributed by atoms with Crippen molar-refractivity contribution < 1.29 is 8.42 Å². The summed E-state index contributed by atoms with van der Waals surface area (Å²) in [6.07, 6.45) is 3.03. The van der Waals surface area contributed by atoms with Gasteiger partial charge in [0.05, 0.1) is 18.5 Å². The normalized spacial score (nSPS) is 16.7. The average Bonchev–Trinajstić information content (AvgIpc) is 3.06. The highest BCUT2D eigenvalue weighted by Crippen LogP contribution is 2.19. The van der Waals surface area contributed by atoms with Gasteiger partial charge >= 0.3 is 0 Å². The lowest BCUT2D eigenvalue weighted by atomic mass is 9.98. The summed E-state index contributed by atoms with van der Waals surface area (Å²) in [5.74, 6) is 1.23. The number of rotatable bonds is 7. The molecule has 0 aromatic carbocycles.